The van der Waals surface area contributed by atoms with Crippen molar-refractivity contribution >= 4 is 39.0 Å². The minimum Gasteiger partial charge on any atom is -0.488 e. The number of allylic oxidation sites excluding steroid dienone is 3. The molecular weight excluding hydrogens is 478 g/mol. The standard InChI is InChI=1S/C24H24BrNO4S/c1-13-21(24(28)29-3)23(22-17(26-13)8-6-9-18(22)27)20-11-15(14(2)31-20)12-30-19-10-5-4-7-16(19)25/h4-5,7,10-11,23,26H,6,8-9,12H2,1-3H3/t23-/m0/s1. The summed E-state index contributed by atoms with van der Waals surface area (Å²) in [4.78, 5) is 27.7. The van der Waals surface area contributed by atoms with Crippen molar-refractivity contribution in [3.63, 3.8) is 0 Å². The molecule has 2 aliphatic rings. The van der Waals surface area contributed by atoms with Gasteiger partial charge in [0.2, 0.25) is 0 Å². The van der Waals surface area contributed by atoms with Crippen molar-refractivity contribution in [3.05, 3.63) is 72.7 Å². The van der Waals surface area contributed by atoms with Gasteiger partial charge in [0.25, 0.3) is 0 Å². The molecule has 1 aliphatic carbocycles. The van der Waals surface area contributed by atoms with Crippen LogP contribution in [0.3, 0.4) is 0 Å². The van der Waals surface area contributed by atoms with Crippen molar-refractivity contribution < 1.29 is 19.1 Å². The topological polar surface area (TPSA) is 64.6 Å². The number of para-hydroxylation sites is 1. The Morgan fingerprint density at radius 3 is 2.77 bits per heavy atom. The van der Waals surface area contributed by atoms with E-state index in [4.69, 9.17) is 9.47 Å². The lowest BCUT2D eigenvalue weighted by molar-refractivity contribution is -0.136. The molecule has 1 atom stereocenters. The first kappa shape index (κ1) is 21.8. The number of hydrogen-bond donors (Lipinski definition) is 1. The maximum absolute atomic E-state index is 12.9. The summed E-state index contributed by atoms with van der Waals surface area (Å²) in [6.45, 7) is 4.33. The van der Waals surface area contributed by atoms with Crippen LogP contribution in [0.1, 0.15) is 47.4 Å². The number of benzene rings is 1. The number of halogens is 1. The second kappa shape index (κ2) is 9.01. The first-order valence-electron chi connectivity index (χ1n) is 10.2. The Bertz CT molecular complexity index is 1110. The van der Waals surface area contributed by atoms with Gasteiger partial charge in [0, 0.05) is 38.7 Å². The monoisotopic (exact) mass is 501 g/mol. The lowest BCUT2D eigenvalue weighted by Crippen LogP contribution is -2.33. The Labute approximate surface area is 194 Å². The van der Waals surface area contributed by atoms with E-state index in [1.165, 1.54) is 7.11 Å². The summed E-state index contributed by atoms with van der Waals surface area (Å²) in [6, 6.07) is 9.79. The third-order valence-electron chi connectivity index (χ3n) is 5.73. The van der Waals surface area contributed by atoms with Gasteiger partial charge in [0.05, 0.1) is 23.1 Å². The molecule has 0 fully saturated rings. The van der Waals surface area contributed by atoms with E-state index in [0.717, 1.165) is 49.8 Å². The Morgan fingerprint density at radius 1 is 1.26 bits per heavy atom. The molecule has 5 nitrogen and oxygen atoms in total. The second-order valence-corrected chi connectivity index (χ2v) is 9.85. The highest BCUT2D eigenvalue weighted by molar-refractivity contribution is 9.10. The molecule has 31 heavy (non-hydrogen) atoms. The number of rotatable bonds is 5. The number of Topliss-reactive ketones (excluding diaryl/α,β-unsaturated/α-hetero) is 1. The number of aryl methyl sites for hydroxylation is 1. The summed E-state index contributed by atoms with van der Waals surface area (Å²) in [6.07, 6.45) is 2.14. The van der Waals surface area contributed by atoms with E-state index in [0.29, 0.717) is 24.2 Å². The van der Waals surface area contributed by atoms with Gasteiger partial charge in [-0.3, -0.25) is 4.79 Å². The molecule has 0 bridgehead atoms. The van der Waals surface area contributed by atoms with Gasteiger partial charge >= 0.3 is 5.97 Å². The maximum Gasteiger partial charge on any atom is 0.336 e. The van der Waals surface area contributed by atoms with Crippen LogP contribution >= 0.6 is 27.3 Å². The summed E-state index contributed by atoms with van der Waals surface area (Å²) in [5, 5.41) is 3.30. The third kappa shape index (κ3) is 4.21. The first-order chi connectivity index (χ1) is 14.9. The van der Waals surface area contributed by atoms with Gasteiger partial charge in [-0.05, 0) is 60.8 Å². The molecule has 0 saturated carbocycles. The number of hydrogen-bond acceptors (Lipinski definition) is 6. The first-order valence-corrected chi connectivity index (χ1v) is 11.8. The van der Waals surface area contributed by atoms with E-state index >= 15 is 0 Å². The van der Waals surface area contributed by atoms with Gasteiger partial charge < -0.3 is 14.8 Å². The lowest BCUT2D eigenvalue weighted by atomic mass is 9.78. The van der Waals surface area contributed by atoms with E-state index in [-0.39, 0.29) is 5.78 Å². The highest BCUT2D eigenvalue weighted by Gasteiger charge is 2.39. The van der Waals surface area contributed by atoms with Crippen molar-refractivity contribution in [2.75, 3.05) is 7.11 Å². The average Bonchev–Trinajstić information content (AvgIpc) is 3.12. The molecule has 1 aromatic carbocycles. The average molecular weight is 502 g/mol. The second-order valence-electron chi connectivity index (χ2n) is 7.71. The maximum atomic E-state index is 12.9. The molecule has 162 valence electrons. The summed E-state index contributed by atoms with van der Waals surface area (Å²) in [7, 11) is 1.38. The van der Waals surface area contributed by atoms with Gasteiger partial charge in [-0.15, -0.1) is 11.3 Å². The predicted octanol–water partition coefficient (Wildman–Crippen LogP) is 5.54. The molecule has 2 heterocycles. The van der Waals surface area contributed by atoms with Gasteiger partial charge in [-0.1, -0.05) is 12.1 Å². The predicted molar refractivity (Wildman–Crippen MR) is 124 cm³/mol. The third-order valence-corrected chi connectivity index (χ3v) is 7.54. The SMILES string of the molecule is COC(=O)C1=C(C)NC2=C(C(=O)CCC2)[C@H]1c1cc(COc2ccccc2Br)c(C)s1. The zero-order chi connectivity index (χ0) is 22.1. The molecule has 4 rings (SSSR count). The minimum atomic E-state index is -0.406. The molecule has 0 unspecified atom stereocenters. The number of methoxy groups -OCH3 is 1. The summed E-state index contributed by atoms with van der Waals surface area (Å²) in [5.74, 6) is 0.0640. The van der Waals surface area contributed by atoms with E-state index in [1.807, 2.05) is 38.1 Å². The number of nitrogens with one attached hydrogen (secondary N) is 1. The van der Waals surface area contributed by atoms with Crippen LogP contribution in [0.25, 0.3) is 0 Å². The number of dihydropyridines is 1. The van der Waals surface area contributed by atoms with E-state index in [9.17, 15) is 9.59 Å². The van der Waals surface area contributed by atoms with Crippen molar-refractivity contribution in [3.8, 4) is 5.75 Å². The largest absolute Gasteiger partial charge is 0.488 e. The summed E-state index contributed by atoms with van der Waals surface area (Å²) >= 11 is 5.11. The highest BCUT2D eigenvalue weighted by atomic mass is 79.9. The van der Waals surface area contributed by atoms with Crippen LogP contribution in [0, 0.1) is 6.92 Å². The van der Waals surface area contributed by atoms with Crippen LogP contribution in [0.4, 0.5) is 0 Å². The number of esters is 1. The fourth-order valence-corrected chi connectivity index (χ4v) is 5.75. The number of ether oxygens (including phenoxy) is 2. The Morgan fingerprint density at radius 2 is 2.03 bits per heavy atom. The molecule has 0 amide bonds. The van der Waals surface area contributed by atoms with Gasteiger partial charge in [-0.25, -0.2) is 4.79 Å². The smallest absolute Gasteiger partial charge is 0.336 e. The molecule has 1 aliphatic heterocycles. The molecule has 0 spiro atoms. The van der Waals surface area contributed by atoms with E-state index in [1.54, 1.807) is 11.3 Å². The molecule has 7 heteroatoms. The number of carbonyl (C=O) groups is 2. The molecule has 0 radical (unpaired) electrons. The van der Waals surface area contributed by atoms with E-state index in [2.05, 4.69) is 27.3 Å². The lowest BCUT2D eigenvalue weighted by Gasteiger charge is -2.33. The van der Waals surface area contributed by atoms with Gasteiger partial charge in [-0.2, -0.15) is 0 Å². The molecule has 1 N–H and O–H groups in total. The van der Waals surface area contributed by atoms with Crippen LogP contribution in [0.5, 0.6) is 5.75 Å². The Balaban J connectivity index is 1.71. The Kier molecular flexibility index (Phi) is 6.34. The molecular formula is C24H24BrNO4S. The summed E-state index contributed by atoms with van der Waals surface area (Å²) < 4.78 is 12.0. The summed E-state index contributed by atoms with van der Waals surface area (Å²) in [5.41, 5.74) is 3.94. The van der Waals surface area contributed by atoms with Crippen molar-refractivity contribution in [2.45, 2.75) is 45.6 Å². The molecule has 1 aromatic heterocycles. The zero-order valence-electron chi connectivity index (χ0n) is 17.7. The van der Waals surface area contributed by atoms with Crippen LogP contribution in [0.2, 0.25) is 0 Å². The van der Waals surface area contributed by atoms with Crippen molar-refractivity contribution in [2.24, 2.45) is 0 Å². The van der Waals surface area contributed by atoms with Crippen LogP contribution < -0.4 is 10.1 Å². The zero-order valence-corrected chi connectivity index (χ0v) is 20.1. The number of ketones is 1. The fraction of sp³-hybridized carbons (Fsp3) is 0.333. The number of carbonyl (C=O) groups excluding carboxylic acids is 2. The van der Waals surface area contributed by atoms with Crippen LogP contribution in [0.15, 0.2) is 57.3 Å². The highest BCUT2D eigenvalue weighted by Crippen LogP contribution is 2.45. The van der Waals surface area contributed by atoms with Crippen molar-refractivity contribution in [1.29, 1.82) is 0 Å². The minimum absolute atomic E-state index is 0.102. The van der Waals surface area contributed by atoms with Gasteiger partial charge in [0.1, 0.15) is 12.4 Å². The Hall–Kier alpha value is -2.38. The van der Waals surface area contributed by atoms with Gasteiger partial charge in [0.15, 0.2) is 5.78 Å². The van der Waals surface area contributed by atoms with Crippen LogP contribution in [-0.2, 0) is 20.9 Å². The molecule has 0 saturated heterocycles. The van der Waals surface area contributed by atoms with Crippen LogP contribution in [-0.4, -0.2) is 18.9 Å². The van der Waals surface area contributed by atoms with Crippen molar-refractivity contribution in [1.82, 2.24) is 5.32 Å². The number of thiophene rings is 1. The normalized spacial score (nSPS) is 18.6. The van der Waals surface area contributed by atoms with E-state index < -0.39 is 11.9 Å². The quantitative estimate of drug-likeness (QED) is 0.544. The fourth-order valence-electron chi connectivity index (χ4n) is 4.20. The molecule has 2 aromatic rings.